The Hall–Kier alpha value is -4.88. The number of anilines is 1. The van der Waals surface area contributed by atoms with E-state index in [1.165, 1.54) is 11.7 Å². The third kappa shape index (κ3) is 6.11. The van der Waals surface area contributed by atoms with Crippen LogP contribution in [-0.4, -0.2) is 63.5 Å². The number of fused-ring (bicyclic) bond motifs is 2. The highest BCUT2D eigenvalue weighted by Gasteiger charge is 2.66. The normalized spacial score (nSPS) is 22.0. The minimum Gasteiger partial charge on any atom is -0.491 e. The van der Waals surface area contributed by atoms with Gasteiger partial charge in [0.1, 0.15) is 0 Å². The van der Waals surface area contributed by atoms with E-state index in [2.05, 4.69) is 10.3 Å². The lowest BCUT2D eigenvalue weighted by Gasteiger charge is -2.32. The van der Waals surface area contributed by atoms with Crippen LogP contribution in [0.1, 0.15) is 41.6 Å². The maximum absolute atomic E-state index is 14.8. The standard InChI is InChI=1S/C39H43N5O6Si/c1-26-36(51(3,4)48)34(19-21-42-24-32(40-41-42)30(25-45)28-13-6-5-7-14-28)50-39(26)31-16-8-9-17-33(31)44(38(39)47)23-27-12-10-15-29(22-27)43-20-11-18-35(49-2)37(43)46/h5-18,20,22,24,26,30,34,36,45,48H,19,21,23,25H2,1-4H3/t26-,30?,34+,36-,39+/m1/s1. The molecule has 264 valence electrons. The third-order valence-electron chi connectivity index (χ3n) is 10.5. The van der Waals surface area contributed by atoms with Gasteiger partial charge in [-0.1, -0.05) is 72.8 Å². The van der Waals surface area contributed by atoms with E-state index in [-0.39, 0.29) is 47.7 Å². The molecular formula is C39H43N5O6Si. The molecule has 5 atom stereocenters. The predicted octanol–water partition coefficient (Wildman–Crippen LogP) is 5.00. The summed E-state index contributed by atoms with van der Waals surface area (Å²) in [5, 5.41) is 18.9. The number of rotatable bonds is 11. The van der Waals surface area contributed by atoms with E-state index in [1.807, 2.05) is 105 Å². The second-order valence-electron chi connectivity index (χ2n) is 14.0. The van der Waals surface area contributed by atoms with Crippen molar-refractivity contribution in [1.82, 2.24) is 19.6 Å². The molecule has 0 bridgehead atoms. The van der Waals surface area contributed by atoms with Crippen LogP contribution in [0.2, 0.25) is 18.6 Å². The number of ether oxygens (including phenoxy) is 2. The molecule has 2 N–H and O–H groups in total. The van der Waals surface area contributed by atoms with Gasteiger partial charge in [0, 0.05) is 41.6 Å². The zero-order valence-electron chi connectivity index (χ0n) is 29.2. The molecule has 4 heterocycles. The van der Waals surface area contributed by atoms with Gasteiger partial charge in [0.2, 0.25) is 0 Å². The quantitative estimate of drug-likeness (QED) is 0.184. The molecule has 12 heteroatoms. The summed E-state index contributed by atoms with van der Waals surface area (Å²) >= 11 is 0. The number of aryl methyl sites for hydroxylation is 1. The number of aliphatic hydroxyl groups excluding tert-OH is 1. The fraction of sp³-hybridized carbons (Fsp3) is 0.333. The van der Waals surface area contributed by atoms with Crippen LogP contribution in [0.25, 0.3) is 5.69 Å². The molecule has 7 rings (SSSR count). The lowest BCUT2D eigenvalue weighted by molar-refractivity contribution is -0.146. The van der Waals surface area contributed by atoms with Gasteiger partial charge in [0.15, 0.2) is 19.7 Å². The molecule has 5 aromatic rings. The monoisotopic (exact) mass is 705 g/mol. The summed E-state index contributed by atoms with van der Waals surface area (Å²) in [6.45, 7) is 6.50. The van der Waals surface area contributed by atoms with E-state index < -0.39 is 20.0 Å². The number of methoxy groups -OCH3 is 1. The highest BCUT2D eigenvalue weighted by molar-refractivity contribution is 6.71. The van der Waals surface area contributed by atoms with Gasteiger partial charge in [-0.2, -0.15) is 0 Å². The molecule has 51 heavy (non-hydrogen) atoms. The van der Waals surface area contributed by atoms with Crippen molar-refractivity contribution in [1.29, 1.82) is 0 Å². The Kier molecular flexibility index (Phi) is 9.27. The lowest BCUT2D eigenvalue weighted by Crippen LogP contribution is -2.46. The Bertz CT molecular complexity index is 2100. The molecule has 1 saturated heterocycles. The zero-order chi connectivity index (χ0) is 35.9. The maximum atomic E-state index is 14.8. The van der Waals surface area contributed by atoms with Gasteiger partial charge in [0.25, 0.3) is 11.5 Å². The summed E-state index contributed by atoms with van der Waals surface area (Å²) in [6, 6.07) is 28.4. The summed E-state index contributed by atoms with van der Waals surface area (Å²) in [6.07, 6.45) is 3.64. The molecule has 1 unspecified atom stereocenters. The number of para-hydroxylation sites is 1. The average molecular weight is 706 g/mol. The number of nitrogens with zero attached hydrogens (tertiary/aromatic N) is 5. The predicted molar refractivity (Wildman–Crippen MR) is 195 cm³/mol. The molecule has 2 aromatic heterocycles. The number of aliphatic hydroxyl groups is 1. The largest absolute Gasteiger partial charge is 0.491 e. The molecule has 11 nitrogen and oxygen atoms in total. The summed E-state index contributed by atoms with van der Waals surface area (Å²) in [5.41, 5.74) is 2.91. The number of benzene rings is 3. The molecular weight excluding hydrogens is 663 g/mol. The first-order chi connectivity index (χ1) is 24.6. The van der Waals surface area contributed by atoms with E-state index >= 15 is 0 Å². The average Bonchev–Trinajstić information content (AvgIpc) is 3.78. The molecule has 2 aliphatic rings. The number of carbonyl (C=O) groups is 1. The zero-order valence-corrected chi connectivity index (χ0v) is 30.2. The first-order valence-electron chi connectivity index (χ1n) is 17.3. The van der Waals surface area contributed by atoms with Crippen molar-refractivity contribution in [3.05, 3.63) is 136 Å². The second-order valence-corrected chi connectivity index (χ2v) is 18.0. The Labute approximate surface area is 297 Å². The number of aromatic nitrogens is 4. The van der Waals surface area contributed by atoms with Crippen LogP contribution in [0.15, 0.2) is 108 Å². The van der Waals surface area contributed by atoms with Gasteiger partial charge in [-0.3, -0.25) is 18.8 Å². The van der Waals surface area contributed by atoms with Gasteiger partial charge in [0.05, 0.1) is 43.7 Å². The Balaban J connectivity index is 1.17. The van der Waals surface area contributed by atoms with Crippen molar-refractivity contribution in [3.63, 3.8) is 0 Å². The highest BCUT2D eigenvalue weighted by atomic mass is 28.4. The van der Waals surface area contributed by atoms with Crippen molar-refractivity contribution in [2.45, 2.75) is 62.7 Å². The van der Waals surface area contributed by atoms with Gasteiger partial charge in [-0.15, -0.1) is 5.10 Å². The van der Waals surface area contributed by atoms with Crippen LogP contribution in [0.5, 0.6) is 5.75 Å². The smallest absolute Gasteiger partial charge is 0.297 e. The van der Waals surface area contributed by atoms with Crippen LogP contribution in [0.4, 0.5) is 5.69 Å². The molecule has 2 aliphatic heterocycles. The van der Waals surface area contributed by atoms with E-state index in [9.17, 15) is 19.5 Å². The van der Waals surface area contributed by atoms with Crippen LogP contribution in [0.3, 0.4) is 0 Å². The Morgan fingerprint density at radius 1 is 1.00 bits per heavy atom. The fourth-order valence-corrected chi connectivity index (χ4v) is 10.8. The second kappa shape index (κ2) is 13.7. The van der Waals surface area contributed by atoms with Crippen LogP contribution >= 0.6 is 0 Å². The van der Waals surface area contributed by atoms with E-state index in [4.69, 9.17) is 9.47 Å². The van der Waals surface area contributed by atoms with Crippen LogP contribution in [0, 0.1) is 5.92 Å². The maximum Gasteiger partial charge on any atom is 0.297 e. The molecule has 0 aliphatic carbocycles. The molecule has 1 amide bonds. The molecule has 1 spiro atoms. The van der Waals surface area contributed by atoms with Gasteiger partial charge < -0.3 is 24.3 Å². The summed E-state index contributed by atoms with van der Waals surface area (Å²) in [4.78, 5) is 41.3. The van der Waals surface area contributed by atoms with Gasteiger partial charge in [-0.25, -0.2) is 0 Å². The van der Waals surface area contributed by atoms with Crippen molar-refractivity contribution in [3.8, 4) is 11.4 Å². The first kappa shape index (κ1) is 34.6. The Morgan fingerprint density at radius 2 is 1.76 bits per heavy atom. The summed E-state index contributed by atoms with van der Waals surface area (Å²) in [7, 11) is -1.40. The van der Waals surface area contributed by atoms with E-state index in [0.717, 1.165) is 22.4 Å². The number of hydrogen-bond acceptors (Lipinski definition) is 8. The third-order valence-corrected chi connectivity index (χ3v) is 13.0. The fourth-order valence-electron chi connectivity index (χ4n) is 8.18. The minimum atomic E-state index is -2.87. The molecule has 1 fully saturated rings. The Morgan fingerprint density at radius 3 is 2.51 bits per heavy atom. The van der Waals surface area contributed by atoms with Crippen LogP contribution < -0.4 is 15.2 Å². The number of carbonyl (C=O) groups excluding carboxylic acids is 1. The lowest BCUT2D eigenvalue weighted by atomic mass is 9.82. The SMILES string of the molecule is COc1cccn(-c2cccc(CN3C(=O)[C@@]4(O[C@@H](CCn5cc(C(CO)c6ccccc6)nn5)[C@H]([Si](C)(C)O)[C@H]4C)c4ccccc43)c2)c1=O. The topological polar surface area (TPSA) is 132 Å². The minimum absolute atomic E-state index is 0.0946. The highest BCUT2D eigenvalue weighted by Crippen LogP contribution is 2.59. The number of hydrogen-bond donors (Lipinski definition) is 2. The number of amides is 1. The number of pyridine rings is 1. The van der Waals surface area contributed by atoms with Gasteiger partial charge >= 0.3 is 0 Å². The van der Waals surface area contributed by atoms with Crippen molar-refractivity contribution in [2.24, 2.45) is 5.92 Å². The van der Waals surface area contributed by atoms with Crippen molar-refractivity contribution < 1.29 is 24.2 Å². The van der Waals surface area contributed by atoms with Crippen molar-refractivity contribution >= 4 is 19.9 Å². The summed E-state index contributed by atoms with van der Waals surface area (Å²) < 4.78 is 15.5. The molecule has 0 saturated carbocycles. The van der Waals surface area contributed by atoms with Crippen LogP contribution in [-0.2, 0) is 28.2 Å². The van der Waals surface area contributed by atoms with Crippen molar-refractivity contribution in [2.75, 3.05) is 18.6 Å². The molecule has 0 radical (unpaired) electrons. The van der Waals surface area contributed by atoms with Gasteiger partial charge in [-0.05, 0) is 61.0 Å². The first-order valence-corrected chi connectivity index (χ1v) is 20.3. The van der Waals surface area contributed by atoms with E-state index in [0.29, 0.717) is 24.3 Å². The van der Waals surface area contributed by atoms with E-state index in [1.54, 1.807) is 27.9 Å². The molecule has 3 aromatic carbocycles. The summed E-state index contributed by atoms with van der Waals surface area (Å²) in [5.74, 6) is -0.523.